The van der Waals surface area contributed by atoms with Gasteiger partial charge in [-0.1, -0.05) is 13.0 Å². The lowest BCUT2D eigenvalue weighted by Gasteiger charge is -2.09. The van der Waals surface area contributed by atoms with Gasteiger partial charge in [-0.15, -0.1) is 0 Å². The molecule has 2 rings (SSSR count). The van der Waals surface area contributed by atoms with E-state index in [-0.39, 0.29) is 5.82 Å². The van der Waals surface area contributed by atoms with Gasteiger partial charge in [0.2, 0.25) is 0 Å². The van der Waals surface area contributed by atoms with Gasteiger partial charge in [-0.2, -0.15) is 0 Å². The summed E-state index contributed by atoms with van der Waals surface area (Å²) in [5.41, 5.74) is 1.65. The minimum absolute atomic E-state index is 0.222. The van der Waals surface area contributed by atoms with Crippen LogP contribution in [-0.2, 0) is 13.1 Å². The van der Waals surface area contributed by atoms with Crippen molar-refractivity contribution in [2.24, 2.45) is 0 Å². The number of hydrogen-bond donors (Lipinski definition) is 1. The number of nitrogens with zero attached hydrogens (tertiary/aromatic N) is 2. The van der Waals surface area contributed by atoms with Crippen molar-refractivity contribution in [2.45, 2.75) is 33.4 Å². The van der Waals surface area contributed by atoms with Crippen molar-refractivity contribution in [2.75, 3.05) is 6.54 Å². The van der Waals surface area contributed by atoms with E-state index < -0.39 is 0 Å². The first-order valence-electron chi connectivity index (χ1n) is 6.77. The molecule has 0 amide bonds. The van der Waals surface area contributed by atoms with Gasteiger partial charge in [-0.25, -0.2) is 9.37 Å². The molecule has 19 heavy (non-hydrogen) atoms. The fourth-order valence-corrected chi connectivity index (χ4v) is 2.07. The minimum Gasteiger partial charge on any atom is -0.331 e. The lowest BCUT2D eigenvalue weighted by atomic mass is 10.1. The van der Waals surface area contributed by atoms with Crippen LogP contribution in [0.4, 0.5) is 4.39 Å². The molecule has 1 aromatic carbocycles. The Morgan fingerprint density at radius 2 is 2.16 bits per heavy atom. The molecule has 0 radical (unpaired) electrons. The molecule has 0 aliphatic carbocycles. The Kier molecular flexibility index (Phi) is 4.68. The molecule has 102 valence electrons. The van der Waals surface area contributed by atoms with Crippen LogP contribution in [0.5, 0.6) is 0 Å². The summed E-state index contributed by atoms with van der Waals surface area (Å²) in [6.45, 7) is 6.66. The monoisotopic (exact) mass is 261 g/mol. The molecule has 1 aromatic heterocycles. The number of nitrogens with one attached hydrogen (secondary N) is 1. The zero-order valence-electron chi connectivity index (χ0n) is 11.5. The van der Waals surface area contributed by atoms with E-state index in [4.69, 9.17) is 0 Å². The molecule has 1 N–H and O–H groups in total. The van der Waals surface area contributed by atoms with Gasteiger partial charge >= 0.3 is 0 Å². The van der Waals surface area contributed by atoms with Crippen LogP contribution in [0.1, 0.15) is 25.8 Å². The van der Waals surface area contributed by atoms with Gasteiger partial charge in [0.05, 0.1) is 5.56 Å². The molecule has 0 saturated carbocycles. The third kappa shape index (κ3) is 3.20. The number of benzene rings is 1. The van der Waals surface area contributed by atoms with E-state index in [1.165, 1.54) is 6.07 Å². The normalized spacial score (nSPS) is 10.9. The first kappa shape index (κ1) is 13.7. The average Bonchev–Trinajstić information content (AvgIpc) is 2.89. The third-order valence-electron chi connectivity index (χ3n) is 3.08. The first-order valence-corrected chi connectivity index (χ1v) is 6.77. The summed E-state index contributed by atoms with van der Waals surface area (Å²) < 4.78 is 15.9. The Bertz CT molecular complexity index is 534. The summed E-state index contributed by atoms with van der Waals surface area (Å²) in [7, 11) is 0. The molecule has 4 heteroatoms. The average molecular weight is 261 g/mol. The third-order valence-corrected chi connectivity index (χ3v) is 3.08. The van der Waals surface area contributed by atoms with Crippen molar-refractivity contribution < 1.29 is 4.39 Å². The van der Waals surface area contributed by atoms with Crippen molar-refractivity contribution in [3.8, 4) is 11.4 Å². The van der Waals surface area contributed by atoms with Crippen molar-refractivity contribution in [1.29, 1.82) is 0 Å². The van der Waals surface area contributed by atoms with Gasteiger partial charge in [0.1, 0.15) is 11.6 Å². The summed E-state index contributed by atoms with van der Waals surface area (Å²) in [5.74, 6) is 0.470. The van der Waals surface area contributed by atoms with E-state index >= 15 is 0 Å². The van der Waals surface area contributed by atoms with Gasteiger partial charge in [0, 0.05) is 25.5 Å². The van der Waals surface area contributed by atoms with Crippen LogP contribution in [0, 0.1) is 5.82 Å². The van der Waals surface area contributed by atoms with Gasteiger partial charge in [-0.05, 0) is 37.6 Å². The molecule has 0 aliphatic rings. The van der Waals surface area contributed by atoms with Gasteiger partial charge in [0.25, 0.3) is 0 Å². The summed E-state index contributed by atoms with van der Waals surface area (Å²) in [4.78, 5) is 4.26. The summed E-state index contributed by atoms with van der Waals surface area (Å²) in [6, 6.07) is 5.22. The van der Waals surface area contributed by atoms with Crippen molar-refractivity contribution in [3.05, 3.63) is 42.0 Å². The Morgan fingerprint density at radius 1 is 1.32 bits per heavy atom. The number of halogens is 1. The van der Waals surface area contributed by atoms with Gasteiger partial charge in [0.15, 0.2) is 0 Å². The maximum atomic E-state index is 14.0. The van der Waals surface area contributed by atoms with Crippen molar-refractivity contribution >= 4 is 0 Å². The van der Waals surface area contributed by atoms with Crippen LogP contribution < -0.4 is 5.32 Å². The van der Waals surface area contributed by atoms with Crippen LogP contribution in [0.3, 0.4) is 0 Å². The van der Waals surface area contributed by atoms with E-state index in [1.54, 1.807) is 6.20 Å². The van der Waals surface area contributed by atoms with Crippen LogP contribution in [-0.4, -0.2) is 16.1 Å². The van der Waals surface area contributed by atoms with E-state index in [0.29, 0.717) is 11.4 Å². The molecule has 1 heterocycles. The maximum Gasteiger partial charge on any atom is 0.142 e. The Labute approximate surface area is 113 Å². The molecule has 2 aromatic rings. The molecule has 0 saturated heterocycles. The highest BCUT2D eigenvalue weighted by Gasteiger charge is 2.11. The van der Waals surface area contributed by atoms with Crippen molar-refractivity contribution in [3.63, 3.8) is 0 Å². The summed E-state index contributed by atoms with van der Waals surface area (Å²) in [5, 5.41) is 3.32. The smallest absolute Gasteiger partial charge is 0.142 e. The molecular formula is C15H20FN3. The topological polar surface area (TPSA) is 29.9 Å². The highest BCUT2D eigenvalue weighted by Crippen LogP contribution is 2.22. The molecule has 0 atom stereocenters. The molecule has 0 bridgehead atoms. The van der Waals surface area contributed by atoms with Gasteiger partial charge < -0.3 is 9.88 Å². The summed E-state index contributed by atoms with van der Waals surface area (Å²) in [6.07, 6.45) is 4.67. The van der Waals surface area contributed by atoms with Crippen LogP contribution in [0.25, 0.3) is 11.4 Å². The number of rotatable bonds is 6. The van der Waals surface area contributed by atoms with E-state index in [2.05, 4.69) is 17.2 Å². The van der Waals surface area contributed by atoms with E-state index in [9.17, 15) is 4.39 Å². The highest BCUT2D eigenvalue weighted by atomic mass is 19.1. The van der Waals surface area contributed by atoms with Gasteiger partial charge in [-0.3, -0.25) is 0 Å². The van der Waals surface area contributed by atoms with Crippen LogP contribution in [0.2, 0.25) is 0 Å². The Hall–Kier alpha value is -1.68. The number of aryl methyl sites for hydroxylation is 1. The highest BCUT2D eigenvalue weighted by molar-refractivity contribution is 5.57. The lowest BCUT2D eigenvalue weighted by molar-refractivity contribution is 0.624. The molecule has 0 spiro atoms. The summed E-state index contributed by atoms with van der Waals surface area (Å²) >= 11 is 0. The fraction of sp³-hybridized carbons (Fsp3) is 0.400. The standard InChI is InChI=1S/C15H20FN3/c1-3-7-17-11-12-5-6-14(16)13(10-12)15-18-8-9-19(15)4-2/h5-6,8-10,17H,3-4,7,11H2,1-2H3. The number of aromatic nitrogens is 2. The second kappa shape index (κ2) is 6.48. The van der Waals surface area contributed by atoms with E-state index in [1.807, 2.05) is 29.8 Å². The molecular weight excluding hydrogens is 241 g/mol. The predicted molar refractivity (Wildman–Crippen MR) is 75.3 cm³/mol. The molecule has 3 nitrogen and oxygen atoms in total. The fourth-order valence-electron chi connectivity index (χ4n) is 2.07. The van der Waals surface area contributed by atoms with Crippen LogP contribution >= 0.6 is 0 Å². The predicted octanol–water partition coefficient (Wildman–Crippen LogP) is 3.21. The minimum atomic E-state index is -0.222. The maximum absolute atomic E-state index is 14.0. The molecule has 0 fully saturated rings. The zero-order valence-corrected chi connectivity index (χ0v) is 11.5. The lowest BCUT2D eigenvalue weighted by Crippen LogP contribution is -2.14. The second-order valence-electron chi connectivity index (χ2n) is 4.53. The van der Waals surface area contributed by atoms with E-state index in [0.717, 1.165) is 31.6 Å². The van der Waals surface area contributed by atoms with Crippen LogP contribution in [0.15, 0.2) is 30.6 Å². The number of hydrogen-bond acceptors (Lipinski definition) is 2. The first-order chi connectivity index (χ1) is 9.26. The molecule has 0 aliphatic heterocycles. The Morgan fingerprint density at radius 3 is 2.89 bits per heavy atom. The quantitative estimate of drug-likeness (QED) is 0.809. The Balaban J connectivity index is 2.27. The molecule has 0 unspecified atom stereocenters. The zero-order chi connectivity index (χ0) is 13.7. The van der Waals surface area contributed by atoms with Crippen molar-refractivity contribution in [1.82, 2.24) is 14.9 Å². The SMILES string of the molecule is CCCNCc1ccc(F)c(-c2nccn2CC)c1. The number of imidazole rings is 1. The second-order valence-corrected chi connectivity index (χ2v) is 4.53. The largest absolute Gasteiger partial charge is 0.331 e.